The summed E-state index contributed by atoms with van der Waals surface area (Å²) in [5, 5.41) is 11.7. The van der Waals surface area contributed by atoms with Crippen molar-refractivity contribution in [1.82, 2.24) is 4.98 Å². The first-order chi connectivity index (χ1) is 8.72. The molecule has 0 fully saturated rings. The number of thiazole rings is 1. The van der Waals surface area contributed by atoms with Gasteiger partial charge in [-0.1, -0.05) is 17.4 Å². The molecule has 18 heavy (non-hydrogen) atoms. The van der Waals surface area contributed by atoms with Gasteiger partial charge in [-0.15, -0.1) is 0 Å². The molecule has 1 heterocycles. The lowest BCUT2D eigenvalue weighted by Crippen LogP contribution is -2.11. The second-order valence-electron chi connectivity index (χ2n) is 3.33. The van der Waals surface area contributed by atoms with E-state index in [0.29, 0.717) is 21.3 Å². The summed E-state index contributed by atoms with van der Waals surface area (Å²) in [5.74, 6) is 0.326. The molecule has 0 atom stereocenters. The van der Waals surface area contributed by atoms with Crippen molar-refractivity contribution in [2.45, 2.75) is 0 Å². The largest absolute Gasteiger partial charge is 0.497 e. The van der Waals surface area contributed by atoms with Crippen molar-refractivity contribution in [3.8, 4) is 11.8 Å². The van der Waals surface area contributed by atoms with E-state index in [1.54, 1.807) is 24.3 Å². The number of aromatic nitrogens is 1. The molecule has 0 aliphatic heterocycles. The van der Waals surface area contributed by atoms with Crippen LogP contribution in [0, 0.1) is 11.3 Å². The molecule has 0 aliphatic carbocycles. The molecule has 0 aliphatic rings. The van der Waals surface area contributed by atoms with Gasteiger partial charge < -0.3 is 4.74 Å². The first-order valence-corrected chi connectivity index (χ1v) is 5.86. The fourth-order valence-electron chi connectivity index (χ4n) is 1.32. The zero-order valence-electron chi connectivity index (χ0n) is 9.51. The Morgan fingerprint density at radius 3 is 3.06 bits per heavy atom. The monoisotopic (exact) mass is 259 g/mol. The lowest BCUT2D eigenvalue weighted by Gasteiger charge is -2.03. The van der Waals surface area contributed by atoms with Crippen molar-refractivity contribution in [1.29, 1.82) is 5.26 Å². The topological polar surface area (TPSA) is 75.0 Å². The van der Waals surface area contributed by atoms with E-state index < -0.39 is 0 Å². The molecule has 1 aromatic carbocycles. The van der Waals surface area contributed by atoms with Gasteiger partial charge in [-0.05, 0) is 18.2 Å². The summed E-state index contributed by atoms with van der Waals surface area (Å²) < 4.78 is 5.04. The van der Waals surface area contributed by atoms with E-state index in [4.69, 9.17) is 10.00 Å². The Bertz CT molecular complexity index is 616. The lowest BCUT2D eigenvalue weighted by molar-refractivity contribution is 0.102. The molecular weight excluding hydrogens is 250 g/mol. The normalized spacial score (nSPS) is 9.56. The van der Waals surface area contributed by atoms with E-state index in [1.165, 1.54) is 13.3 Å². The number of benzene rings is 1. The number of nitrogens with zero attached hydrogens (tertiary/aromatic N) is 2. The number of nitriles is 1. The van der Waals surface area contributed by atoms with Crippen molar-refractivity contribution in [3.05, 3.63) is 40.9 Å². The minimum absolute atomic E-state index is 0.285. The molecule has 1 N–H and O–H groups in total. The van der Waals surface area contributed by atoms with E-state index in [0.717, 1.165) is 11.3 Å². The van der Waals surface area contributed by atoms with E-state index in [-0.39, 0.29) is 5.91 Å². The minimum Gasteiger partial charge on any atom is -0.497 e. The van der Waals surface area contributed by atoms with Crippen LogP contribution >= 0.6 is 11.3 Å². The highest BCUT2D eigenvalue weighted by Crippen LogP contribution is 2.19. The number of hydrogen-bond acceptors (Lipinski definition) is 5. The van der Waals surface area contributed by atoms with Crippen molar-refractivity contribution >= 4 is 22.4 Å². The lowest BCUT2D eigenvalue weighted by atomic mass is 10.2. The third-order valence-electron chi connectivity index (χ3n) is 2.17. The molecule has 6 heteroatoms. The maximum atomic E-state index is 11.9. The molecule has 90 valence electrons. The van der Waals surface area contributed by atoms with Crippen molar-refractivity contribution in [3.63, 3.8) is 0 Å². The smallest absolute Gasteiger partial charge is 0.257 e. The standard InChI is InChI=1S/C12H9N3O2S/c1-17-9-4-2-3-8(5-9)11(16)15-12-14-7-10(6-13)18-12/h2-5,7H,1H3,(H,14,15,16). The fourth-order valence-corrected chi connectivity index (χ4v) is 1.93. The Labute approximate surface area is 108 Å². The Balaban J connectivity index is 2.14. The molecule has 5 nitrogen and oxygen atoms in total. The highest BCUT2D eigenvalue weighted by atomic mass is 32.1. The number of rotatable bonds is 3. The van der Waals surface area contributed by atoms with Crippen molar-refractivity contribution in [2.24, 2.45) is 0 Å². The van der Waals surface area contributed by atoms with Crippen LogP contribution in [0.15, 0.2) is 30.5 Å². The van der Waals surface area contributed by atoms with Crippen LogP contribution in [0.1, 0.15) is 15.2 Å². The molecule has 0 spiro atoms. The van der Waals surface area contributed by atoms with Crippen LogP contribution in [0.4, 0.5) is 5.13 Å². The zero-order valence-corrected chi connectivity index (χ0v) is 10.3. The highest BCUT2D eigenvalue weighted by molar-refractivity contribution is 7.16. The predicted octanol–water partition coefficient (Wildman–Crippen LogP) is 2.28. The van der Waals surface area contributed by atoms with Crippen LogP contribution in [-0.2, 0) is 0 Å². The average Bonchev–Trinajstić information content (AvgIpc) is 2.86. The molecular formula is C12H9N3O2S. The van der Waals surface area contributed by atoms with Gasteiger partial charge in [0.1, 0.15) is 16.7 Å². The van der Waals surface area contributed by atoms with E-state index >= 15 is 0 Å². The van der Waals surface area contributed by atoms with Crippen LogP contribution < -0.4 is 10.1 Å². The van der Waals surface area contributed by atoms with Crippen LogP contribution in [0.25, 0.3) is 0 Å². The quantitative estimate of drug-likeness (QED) is 0.917. The molecule has 1 amide bonds. The predicted molar refractivity (Wildman–Crippen MR) is 67.8 cm³/mol. The Hall–Kier alpha value is -2.39. The molecule has 0 saturated carbocycles. The number of hydrogen-bond donors (Lipinski definition) is 1. The number of nitrogens with one attached hydrogen (secondary N) is 1. The molecule has 1 aromatic heterocycles. The van der Waals surface area contributed by atoms with Gasteiger partial charge in [0.25, 0.3) is 5.91 Å². The number of anilines is 1. The molecule has 0 unspecified atom stereocenters. The summed E-state index contributed by atoms with van der Waals surface area (Å²) in [5.41, 5.74) is 0.475. The molecule has 2 aromatic rings. The second-order valence-corrected chi connectivity index (χ2v) is 4.36. The number of methoxy groups -OCH3 is 1. The van der Waals surface area contributed by atoms with Gasteiger partial charge in [-0.25, -0.2) is 4.98 Å². The van der Waals surface area contributed by atoms with E-state index in [1.807, 2.05) is 6.07 Å². The van der Waals surface area contributed by atoms with Gasteiger partial charge in [-0.2, -0.15) is 5.26 Å². The van der Waals surface area contributed by atoms with Crippen LogP contribution in [-0.4, -0.2) is 18.0 Å². The molecule has 0 saturated heterocycles. The van der Waals surface area contributed by atoms with Gasteiger partial charge in [0.05, 0.1) is 13.3 Å². The first-order valence-electron chi connectivity index (χ1n) is 5.04. The van der Waals surface area contributed by atoms with Gasteiger partial charge in [0.2, 0.25) is 0 Å². The first kappa shape index (κ1) is 12.1. The summed E-state index contributed by atoms with van der Waals surface area (Å²) >= 11 is 1.13. The van der Waals surface area contributed by atoms with Gasteiger partial charge in [0, 0.05) is 5.56 Å². The van der Waals surface area contributed by atoms with Gasteiger partial charge in [-0.3, -0.25) is 10.1 Å². The maximum absolute atomic E-state index is 11.9. The number of carbonyl (C=O) groups excluding carboxylic acids is 1. The molecule has 0 bridgehead atoms. The zero-order chi connectivity index (χ0) is 13.0. The third kappa shape index (κ3) is 2.64. The summed E-state index contributed by atoms with van der Waals surface area (Å²) in [4.78, 5) is 16.3. The second kappa shape index (κ2) is 5.29. The van der Waals surface area contributed by atoms with Crippen LogP contribution in [0.2, 0.25) is 0 Å². The van der Waals surface area contributed by atoms with E-state index in [2.05, 4.69) is 10.3 Å². The van der Waals surface area contributed by atoms with Crippen molar-refractivity contribution < 1.29 is 9.53 Å². The van der Waals surface area contributed by atoms with Gasteiger partial charge in [0.15, 0.2) is 5.13 Å². The summed E-state index contributed by atoms with van der Waals surface area (Å²) in [6, 6.07) is 8.76. The Kier molecular flexibility index (Phi) is 3.55. The number of carbonyl (C=O) groups is 1. The highest BCUT2D eigenvalue weighted by Gasteiger charge is 2.09. The Morgan fingerprint density at radius 2 is 2.39 bits per heavy atom. The summed E-state index contributed by atoms with van der Waals surface area (Å²) in [6.45, 7) is 0. The van der Waals surface area contributed by atoms with Gasteiger partial charge >= 0.3 is 0 Å². The van der Waals surface area contributed by atoms with Crippen LogP contribution in [0.5, 0.6) is 5.75 Å². The van der Waals surface area contributed by atoms with E-state index in [9.17, 15) is 4.79 Å². The minimum atomic E-state index is -0.285. The summed E-state index contributed by atoms with van der Waals surface area (Å²) in [7, 11) is 1.54. The number of ether oxygens (including phenoxy) is 1. The Morgan fingerprint density at radius 1 is 1.56 bits per heavy atom. The molecule has 2 rings (SSSR count). The molecule has 0 radical (unpaired) electrons. The summed E-state index contributed by atoms with van der Waals surface area (Å²) in [6.07, 6.45) is 1.42. The van der Waals surface area contributed by atoms with Crippen molar-refractivity contribution in [2.75, 3.05) is 12.4 Å². The maximum Gasteiger partial charge on any atom is 0.257 e. The third-order valence-corrected chi connectivity index (χ3v) is 2.99. The SMILES string of the molecule is COc1cccc(C(=O)Nc2ncc(C#N)s2)c1. The van der Waals surface area contributed by atoms with Crippen LogP contribution in [0.3, 0.4) is 0 Å². The average molecular weight is 259 g/mol. The number of amides is 1. The fraction of sp³-hybridized carbons (Fsp3) is 0.0833.